The van der Waals surface area contributed by atoms with Crippen molar-refractivity contribution in [1.82, 2.24) is 10.3 Å². The minimum absolute atomic E-state index is 0.102. The molecule has 1 aromatic heterocycles. The summed E-state index contributed by atoms with van der Waals surface area (Å²) in [6.07, 6.45) is 6.93. The molecule has 1 amide bonds. The molecule has 4 heteroatoms. The van der Waals surface area contributed by atoms with E-state index in [0.717, 1.165) is 16.3 Å². The quantitative estimate of drug-likeness (QED) is 0.666. The number of hydrogen-bond donors (Lipinski definition) is 1. The highest BCUT2D eigenvalue weighted by molar-refractivity contribution is 7.10. The minimum Gasteiger partial charge on any atom is -0.344 e. The van der Waals surface area contributed by atoms with Crippen LogP contribution in [-0.2, 0) is 4.79 Å². The topological polar surface area (TPSA) is 42.0 Å². The molecule has 2 aromatic rings. The van der Waals surface area contributed by atoms with E-state index in [4.69, 9.17) is 0 Å². The predicted molar refractivity (Wildman–Crippen MR) is 88.1 cm³/mol. The van der Waals surface area contributed by atoms with E-state index in [0.29, 0.717) is 0 Å². The molecule has 0 radical (unpaired) electrons. The normalized spacial score (nSPS) is 12.9. The van der Waals surface area contributed by atoms with E-state index in [9.17, 15) is 4.79 Å². The Kier molecular flexibility index (Phi) is 5.46. The van der Waals surface area contributed by atoms with E-state index < -0.39 is 0 Å². The van der Waals surface area contributed by atoms with Gasteiger partial charge < -0.3 is 5.32 Å². The average molecular weight is 298 g/mol. The second kappa shape index (κ2) is 7.55. The third-order valence-electron chi connectivity index (χ3n) is 2.87. The molecule has 2 rings (SSSR count). The van der Waals surface area contributed by atoms with E-state index >= 15 is 0 Å². The van der Waals surface area contributed by atoms with Gasteiger partial charge in [-0.05, 0) is 13.8 Å². The summed E-state index contributed by atoms with van der Waals surface area (Å²) in [7, 11) is 0. The molecule has 1 heterocycles. The number of carbonyl (C=O) groups is 1. The molecule has 3 nitrogen and oxygen atoms in total. The first-order valence-corrected chi connectivity index (χ1v) is 7.69. The molecule has 1 N–H and O–H groups in total. The van der Waals surface area contributed by atoms with Crippen LogP contribution >= 0.6 is 11.3 Å². The number of hydrogen-bond acceptors (Lipinski definition) is 3. The lowest BCUT2D eigenvalue weighted by atomic mass is 10.2. The first-order valence-electron chi connectivity index (χ1n) is 6.81. The van der Waals surface area contributed by atoms with Crippen molar-refractivity contribution in [2.45, 2.75) is 19.9 Å². The van der Waals surface area contributed by atoms with Crippen LogP contribution in [0.1, 0.15) is 24.9 Å². The van der Waals surface area contributed by atoms with Crippen molar-refractivity contribution in [3.63, 3.8) is 0 Å². The fraction of sp³-hybridized carbons (Fsp3) is 0.176. The Morgan fingerprint density at radius 1 is 1.29 bits per heavy atom. The van der Waals surface area contributed by atoms with Crippen LogP contribution in [-0.4, -0.2) is 10.9 Å². The molecule has 0 fully saturated rings. The SMILES string of the molecule is C/C=C/C=C/C(=O)NC(C)c1nc(-c2ccccc2)cs1. The highest BCUT2D eigenvalue weighted by Gasteiger charge is 2.12. The van der Waals surface area contributed by atoms with Gasteiger partial charge in [0.25, 0.3) is 0 Å². The van der Waals surface area contributed by atoms with Crippen molar-refractivity contribution in [1.29, 1.82) is 0 Å². The fourth-order valence-corrected chi connectivity index (χ4v) is 2.64. The fourth-order valence-electron chi connectivity index (χ4n) is 1.81. The first-order chi connectivity index (χ1) is 10.2. The van der Waals surface area contributed by atoms with Gasteiger partial charge >= 0.3 is 0 Å². The van der Waals surface area contributed by atoms with Gasteiger partial charge in [-0.25, -0.2) is 4.98 Å². The molecular weight excluding hydrogens is 280 g/mol. The maximum absolute atomic E-state index is 11.7. The molecule has 0 aliphatic carbocycles. The Hall–Kier alpha value is -2.20. The largest absolute Gasteiger partial charge is 0.344 e. The number of benzene rings is 1. The first kappa shape index (κ1) is 15.2. The Balaban J connectivity index is 2.02. The van der Waals surface area contributed by atoms with Gasteiger partial charge in [-0.2, -0.15) is 0 Å². The van der Waals surface area contributed by atoms with Crippen molar-refractivity contribution in [3.8, 4) is 11.3 Å². The average Bonchev–Trinajstić information content (AvgIpc) is 2.98. The summed E-state index contributed by atoms with van der Waals surface area (Å²) in [6.45, 7) is 3.85. The van der Waals surface area contributed by atoms with Gasteiger partial charge in [0.1, 0.15) is 5.01 Å². The van der Waals surface area contributed by atoms with E-state index in [1.54, 1.807) is 17.4 Å². The van der Waals surface area contributed by atoms with Crippen LogP contribution < -0.4 is 5.32 Å². The Morgan fingerprint density at radius 3 is 2.76 bits per heavy atom. The minimum atomic E-state index is -0.114. The third kappa shape index (κ3) is 4.39. The van der Waals surface area contributed by atoms with Crippen LogP contribution in [0.5, 0.6) is 0 Å². The summed E-state index contributed by atoms with van der Waals surface area (Å²) in [5.41, 5.74) is 2.03. The van der Waals surface area contributed by atoms with Crippen LogP contribution in [0, 0.1) is 0 Å². The van der Waals surface area contributed by atoms with Gasteiger partial charge in [-0.3, -0.25) is 4.79 Å². The van der Waals surface area contributed by atoms with Crippen molar-refractivity contribution in [2.75, 3.05) is 0 Å². The number of aromatic nitrogens is 1. The maximum atomic E-state index is 11.7. The Labute approximate surface area is 129 Å². The predicted octanol–water partition coefficient (Wildman–Crippen LogP) is 4.12. The molecule has 1 aromatic carbocycles. The lowest BCUT2D eigenvalue weighted by molar-refractivity contribution is -0.117. The van der Waals surface area contributed by atoms with Crippen molar-refractivity contribution in [3.05, 3.63) is 65.0 Å². The third-order valence-corrected chi connectivity index (χ3v) is 3.90. The summed E-state index contributed by atoms with van der Waals surface area (Å²) in [5, 5.41) is 5.83. The number of amides is 1. The number of nitrogens with zero attached hydrogens (tertiary/aromatic N) is 1. The highest BCUT2D eigenvalue weighted by Crippen LogP contribution is 2.25. The molecule has 1 atom stereocenters. The summed E-state index contributed by atoms with van der Waals surface area (Å²) >= 11 is 1.56. The molecule has 0 saturated heterocycles. The molecule has 108 valence electrons. The Bertz CT molecular complexity index is 644. The van der Waals surface area contributed by atoms with Gasteiger partial charge in [0.2, 0.25) is 5.91 Å². The van der Waals surface area contributed by atoms with Gasteiger partial charge in [-0.1, -0.05) is 48.6 Å². The second-order valence-corrected chi connectivity index (χ2v) is 5.44. The van der Waals surface area contributed by atoms with Gasteiger partial charge in [-0.15, -0.1) is 11.3 Å². The molecule has 0 aliphatic heterocycles. The van der Waals surface area contributed by atoms with Crippen LogP contribution in [0.4, 0.5) is 0 Å². The van der Waals surface area contributed by atoms with Gasteiger partial charge in [0.05, 0.1) is 11.7 Å². The molecule has 0 bridgehead atoms. The van der Waals surface area contributed by atoms with Crippen molar-refractivity contribution >= 4 is 17.2 Å². The van der Waals surface area contributed by atoms with E-state index in [1.165, 1.54) is 6.08 Å². The smallest absolute Gasteiger partial charge is 0.244 e. The Morgan fingerprint density at radius 2 is 2.05 bits per heavy atom. The zero-order valence-corrected chi connectivity index (χ0v) is 12.9. The van der Waals surface area contributed by atoms with Crippen LogP contribution in [0.15, 0.2) is 60.0 Å². The lowest BCUT2D eigenvalue weighted by Crippen LogP contribution is -2.24. The van der Waals surface area contributed by atoms with E-state index in [1.807, 2.05) is 61.7 Å². The molecule has 0 saturated carbocycles. The zero-order chi connectivity index (χ0) is 15.1. The number of allylic oxidation sites excluding steroid dienone is 3. The van der Waals surface area contributed by atoms with E-state index in [2.05, 4.69) is 10.3 Å². The monoisotopic (exact) mass is 298 g/mol. The number of nitrogens with one attached hydrogen (secondary N) is 1. The summed E-state index contributed by atoms with van der Waals surface area (Å²) in [4.78, 5) is 16.3. The highest BCUT2D eigenvalue weighted by atomic mass is 32.1. The standard InChI is InChI=1S/C17H18N2OS/c1-3-4-6-11-16(20)18-13(2)17-19-15(12-21-17)14-9-7-5-8-10-14/h3-13H,1-2H3,(H,18,20)/b4-3+,11-6+. The lowest BCUT2D eigenvalue weighted by Gasteiger charge is -2.08. The summed E-state index contributed by atoms with van der Waals surface area (Å²) < 4.78 is 0. The number of carbonyl (C=O) groups excluding carboxylic acids is 1. The van der Waals surface area contributed by atoms with Gasteiger partial charge in [0.15, 0.2) is 0 Å². The van der Waals surface area contributed by atoms with Crippen LogP contribution in [0.25, 0.3) is 11.3 Å². The summed E-state index contributed by atoms with van der Waals surface area (Å²) in [5.74, 6) is -0.114. The van der Waals surface area contributed by atoms with E-state index in [-0.39, 0.29) is 11.9 Å². The number of thiazole rings is 1. The molecular formula is C17H18N2OS. The second-order valence-electron chi connectivity index (χ2n) is 4.55. The van der Waals surface area contributed by atoms with Crippen LogP contribution in [0.3, 0.4) is 0 Å². The van der Waals surface area contributed by atoms with Crippen molar-refractivity contribution in [2.24, 2.45) is 0 Å². The zero-order valence-electron chi connectivity index (χ0n) is 12.1. The number of rotatable bonds is 5. The molecule has 21 heavy (non-hydrogen) atoms. The summed E-state index contributed by atoms with van der Waals surface area (Å²) in [6, 6.07) is 9.92. The van der Waals surface area contributed by atoms with Crippen LogP contribution in [0.2, 0.25) is 0 Å². The van der Waals surface area contributed by atoms with Gasteiger partial charge in [0, 0.05) is 17.0 Å². The molecule has 0 spiro atoms. The molecule has 1 unspecified atom stereocenters. The molecule has 0 aliphatic rings. The maximum Gasteiger partial charge on any atom is 0.244 e. The van der Waals surface area contributed by atoms with Crippen molar-refractivity contribution < 1.29 is 4.79 Å².